The van der Waals surface area contributed by atoms with Gasteiger partial charge in [-0.1, -0.05) is 37.1 Å². The third kappa shape index (κ3) is 5.51. The van der Waals surface area contributed by atoms with Crippen molar-refractivity contribution >= 4 is 17.5 Å². The maximum Gasteiger partial charge on any atom is 0.387 e. The predicted molar refractivity (Wildman–Crippen MR) is 126 cm³/mol. The second-order valence-corrected chi connectivity index (χ2v) is 8.59. The highest BCUT2D eigenvalue weighted by molar-refractivity contribution is 6.15. The molecule has 0 aromatic heterocycles. The van der Waals surface area contributed by atoms with Gasteiger partial charge in [-0.25, -0.2) is 0 Å². The van der Waals surface area contributed by atoms with Gasteiger partial charge in [0.15, 0.2) is 17.3 Å². The molecule has 186 valence electrons. The molecule has 1 fully saturated rings. The molecule has 0 spiro atoms. The number of carbonyl (C=O) groups excluding carboxylic acids is 2. The number of nitrogens with one attached hydrogen (secondary N) is 1. The number of halogens is 2. The van der Waals surface area contributed by atoms with Crippen molar-refractivity contribution in [3.8, 4) is 11.5 Å². The number of Topliss-reactive ketones (excluding diaryl/α,β-unsaturated/α-hetero) is 1. The number of hydrogen-bond donors (Lipinski definition) is 1. The van der Waals surface area contributed by atoms with Gasteiger partial charge in [-0.15, -0.1) is 0 Å². The van der Waals surface area contributed by atoms with Crippen LogP contribution in [0.5, 0.6) is 11.5 Å². The van der Waals surface area contributed by atoms with Crippen molar-refractivity contribution in [3.63, 3.8) is 0 Å². The summed E-state index contributed by atoms with van der Waals surface area (Å²) < 4.78 is 40.7. The minimum Gasteiger partial charge on any atom is -0.493 e. The summed E-state index contributed by atoms with van der Waals surface area (Å²) in [5.41, 5.74) is 3.82. The largest absolute Gasteiger partial charge is 0.493 e. The minimum absolute atomic E-state index is 0.00604. The Balaban J connectivity index is 1.64. The Labute approximate surface area is 202 Å². The van der Waals surface area contributed by atoms with Crippen molar-refractivity contribution in [3.05, 3.63) is 58.7 Å². The SMILES string of the molecule is COC(=O)CNCC(=O)c1ccc(C2=N[C@@H]3CCCC[C@@H]3c3cc(OC(F)F)c(OC)cc32)cc1. The van der Waals surface area contributed by atoms with Gasteiger partial charge in [0.2, 0.25) is 0 Å². The summed E-state index contributed by atoms with van der Waals surface area (Å²) in [6.07, 6.45) is 3.98. The zero-order valence-electron chi connectivity index (χ0n) is 19.7. The number of aliphatic imine (C=N–C) groups is 1. The van der Waals surface area contributed by atoms with Crippen LogP contribution in [0.3, 0.4) is 0 Å². The number of benzene rings is 2. The predicted octanol–water partition coefficient (Wildman–Crippen LogP) is 4.12. The number of ether oxygens (including phenoxy) is 3. The number of carbonyl (C=O) groups is 2. The quantitative estimate of drug-likeness (QED) is 0.424. The summed E-state index contributed by atoms with van der Waals surface area (Å²) in [7, 11) is 2.70. The van der Waals surface area contributed by atoms with Crippen molar-refractivity contribution in [2.45, 2.75) is 44.3 Å². The Kier molecular flexibility index (Phi) is 7.75. The fourth-order valence-electron chi connectivity index (χ4n) is 4.80. The van der Waals surface area contributed by atoms with E-state index in [1.807, 2.05) is 12.1 Å². The number of hydrogen-bond acceptors (Lipinski definition) is 7. The maximum absolute atomic E-state index is 13.0. The van der Waals surface area contributed by atoms with E-state index in [9.17, 15) is 18.4 Å². The molecule has 2 aromatic carbocycles. The van der Waals surface area contributed by atoms with E-state index in [2.05, 4.69) is 10.1 Å². The number of alkyl halides is 2. The molecule has 9 heteroatoms. The molecule has 0 saturated heterocycles. The molecule has 0 radical (unpaired) electrons. The summed E-state index contributed by atoms with van der Waals surface area (Å²) in [4.78, 5) is 28.7. The molecule has 1 heterocycles. The zero-order chi connectivity index (χ0) is 24.9. The smallest absolute Gasteiger partial charge is 0.387 e. The minimum atomic E-state index is -2.95. The zero-order valence-corrected chi connectivity index (χ0v) is 19.7. The average molecular weight is 487 g/mol. The van der Waals surface area contributed by atoms with Crippen molar-refractivity contribution < 1.29 is 32.6 Å². The van der Waals surface area contributed by atoms with Crippen molar-refractivity contribution in [1.29, 1.82) is 0 Å². The first-order valence-corrected chi connectivity index (χ1v) is 11.6. The van der Waals surface area contributed by atoms with E-state index in [0.29, 0.717) is 5.56 Å². The molecule has 1 saturated carbocycles. The highest BCUT2D eigenvalue weighted by atomic mass is 19.3. The van der Waals surface area contributed by atoms with Gasteiger partial charge in [0, 0.05) is 22.6 Å². The molecule has 0 unspecified atom stereocenters. The first kappa shape index (κ1) is 24.8. The highest BCUT2D eigenvalue weighted by Gasteiger charge is 2.35. The van der Waals surface area contributed by atoms with Crippen LogP contribution >= 0.6 is 0 Å². The lowest BCUT2D eigenvalue weighted by Gasteiger charge is -2.35. The summed E-state index contributed by atoms with van der Waals surface area (Å²) in [5, 5.41) is 2.76. The van der Waals surface area contributed by atoms with Gasteiger partial charge in [-0.3, -0.25) is 19.9 Å². The van der Waals surface area contributed by atoms with Crippen molar-refractivity contribution in [1.82, 2.24) is 5.32 Å². The molecule has 2 aromatic rings. The van der Waals surface area contributed by atoms with Crippen LogP contribution < -0.4 is 14.8 Å². The van der Waals surface area contributed by atoms with Crippen LogP contribution in [0.15, 0.2) is 41.4 Å². The van der Waals surface area contributed by atoms with E-state index in [1.54, 1.807) is 24.3 Å². The van der Waals surface area contributed by atoms with Gasteiger partial charge >= 0.3 is 12.6 Å². The molecule has 7 nitrogen and oxygen atoms in total. The van der Waals surface area contributed by atoms with Crippen LogP contribution in [0, 0.1) is 0 Å². The van der Waals surface area contributed by atoms with Gasteiger partial charge in [-0.05, 0) is 30.5 Å². The van der Waals surface area contributed by atoms with E-state index in [-0.39, 0.29) is 42.3 Å². The molecule has 1 N–H and O–H groups in total. The molecule has 0 bridgehead atoms. The van der Waals surface area contributed by atoms with E-state index in [4.69, 9.17) is 14.5 Å². The Bertz CT molecular complexity index is 1120. The third-order valence-corrected chi connectivity index (χ3v) is 6.49. The second-order valence-electron chi connectivity index (χ2n) is 8.59. The molecule has 4 rings (SSSR count). The summed E-state index contributed by atoms with van der Waals surface area (Å²) in [6.45, 7) is -2.99. The monoisotopic (exact) mass is 486 g/mol. The first-order valence-electron chi connectivity index (χ1n) is 11.6. The van der Waals surface area contributed by atoms with Crippen LogP contribution in [0.25, 0.3) is 0 Å². The topological polar surface area (TPSA) is 86.2 Å². The van der Waals surface area contributed by atoms with Gasteiger partial charge < -0.3 is 14.2 Å². The molecule has 35 heavy (non-hydrogen) atoms. The molecule has 0 amide bonds. The van der Waals surface area contributed by atoms with Crippen LogP contribution in [-0.2, 0) is 9.53 Å². The van der Waals surface area contributed by atoms with Gasteiger partial charge in [0.25, 0.3) is 0 Å². The fourth-order valence-corrected chi connectivity index (χ4v) is 4.80. The van der Waals surface area contributed by atoms with Gasteiger partial charge in [0.05, 0.1) is 39.1 Å². The standard InChI is InChI=1S/C26H28F2N2O5/c1-33-22-12-19-18(11-23(22)35-26(27)28)17-5-3-4-6-20(17)30-25(19)16-9-7-15(8-10-16)21(31)13-29-14-24(32)34-2/h7-12,17,20,26,29H,3-6,13-14H2,1-2H3/t17-,20-/m1/s1. The maximum atomic E-state index is 13.0. The van der Waals surface area contributed by atoms with E-state index >= 15 is 0 Å². The van der Waals surface area contributed by atoms with Crippen molar-refractivity contribution in [2.75, 3.05) is 27.3 Å². The number of nitrogens with zero attached hydrogens (tertiary/aromatic N) is 1. The van der Waals surface area contributed by atoms with E-state index in [1.165, 1.54) is 14.2 Å². The number of methoxy groups -OCH3 is 2. The molecule has 1 aliphatic carbocycles. The average Bonchev–Trinajstić information content (AvgIpc) is 2.87. The highest BCUT2D eigenvalue weighted by Crippen LogP contribution is 2.45. The van der Waals surface area contributed by atoms with Crippen LogP contribution in [0.1, 0.15) is 58.6 Å². The van der Waals surface area contributed by atoms with Crippen molar-refractivity contribution in [2.24, 2.45) is 4.99 Å². The lowest BCUT2D eigenvalue weighted by atomic mass is 9.75. The van der Waals surface area contributed by atoms with E-state index in [0.717, 1.165) is 48.1 Å². The molecular weight excluding hydrogens is 458 g/mol. The third-order valence-electron chi connectivity index (χ3n) is 6.49. The Hall–Kier alpha value is -3.33. The lowest BCUT2D eigenvalue weighted by Crippen LogP contribution is -2.30. The molecule has 1 aliphatic heterocycles. The fraction of sp³-hybridized carbons (Fsp3) is 0.423. The van der Waals surface area contributed by atoms with Crippen LogP contribution in [0.2, 0.25) is 0 Å². The lowest BCUT2D eigenvalue weighted by molar-refractivity contribution is -0.139. The molecular formula is C26H28F2N2O5. The number of esters is 1. The Morgan fingerprint density at radius 2 is 1.80 bits per heavy atom. The van der Waals surface area contributed by atoms with E-state index < -0.39 is 12.6 Å². The van der Waals surface area contributed by atoms with Crippen LogP contribution in [0.4, 0.5) is 8.78 Å². The molecule has 2 atom stereocenters. The number of ketones is 1. The normalized spacial score (nSPS) is 18.8. The summed E-state index contributed by atoms with van der Waals surface area (Å²) >= 11 is 0. The Morgan fingerprint density at radius 3 is 2.49 bits per heavy atom. The van der Waals surface area contributed by atoms with Gasteiger partial charge in [0.1, 0.15) is 0 Å². The second kappa shape index (κ2) is 10.9. The summed E-state index contributed by atoms with van der Waals surface area (Å²) in [5.74, 6) is -0.230. The van der Waals surface area contributed by atoms with Crippen LogP contribution in [-0.4, -0.2) is 57.4 Å². The number of fused-ring (bicyclic) bond motifs is 3. The van der Waals surface area contributed by atoms with Gasteiger partial charge in [-0.2, -0.15) is 8.78 Å². The molecule has 2 aliphatic rings. The first-order chi connectivity index (χ1) is 16.9. The Morgan fingerprint density at radius 1 is 1.06 bits per heavy atom. The number of rotatable bonds is 9. The summed E-state index contributed by atoms with van der Waals surface area (Å²) in [6, 6.07) is 10.5.